The van der Waals surface area contributed by atoms with Crippen LogP contribution in [-0.4, -0.2) is 12.1 Å². The van der Waals surface area contributed by atoms with Gasteiger partial charge in [0.15, 0.2) is 0 Å². The molecule has 0 aliphatic heterocycles. The first-order valence-corrected chi connectivity index (χ1v) is 7.62. The fourth-order valence-electron chi connectivity index (χ4n) is 2.69. The van der Waals surface area contributed by atoms with E-state index in [2.05, 4.69) is 39.9 Å². The second-order valence-corrected chi connectivity index (χ2v) is 7.35. The van der Waals surface area contributed by atoms with E-state index in [0.717, 1.165) is 5.92 Å². The highest BCUT2D eigenvalue weighted by atomic mass is 15.0. The Balaban J connectivity index is 2.06. The van der Waals surface area contributed by atoms with Crippen molar-refractivity contribution in [3.05, 3.63) is 0 Å². The Morgan fingerprint density at radius 1 is 1.12 bits per heavy atom. The zero-order valence-corrected chi connectivity index (χ0v) is 12.7. The molecule has 0 aromatic rings. The Labute approximate surface area is 109 Å². The van der Waals surface area contributed by atoms with Crippen molar-refractivity contribution >= 4 is 0 Å². The van der Waals surface area contributed by atoms with Gasteiger partial charge in [0.1, 0.15) is 0 Å². The monoisotopic (exact) mass is 239 g/mol. The molecule has 2 atom stereocenters. The van der Waals surface area contributed by atoms with Crippen LogP contribution in [0.5, 0.6) is 0 Å². The van der Waals surface area contributed by atoms with Gasteiger partial charge >= 0.3 is 0 Å². The summed E-state index contributed by atoms with van der Waals surface area (Å²) in [6, 6.07) is 0. The largest absolute Gasteiger partial charge is 0.312 e. The molecule has 0 spiro atoms. The van der Waals surface area contributed by atoms with Crippen molar-refractivity contribution in [2.75, 3.05) is 6.54 Å². The van der Waals surface area contributed by atoms with Gasteiger partial charge in [-0.25, -0.2) is 0 Å². The minimum atomic E-state index is 0.282. The molecule has 0 amide bonds. The second kappa shape index (κ2) is 6.22. The minimum Gasteiger partial charge on any atom is -0.312 e. The fourth-order valence-corrected chi connectivity index (χ4v) is 2.69. The molecule has 1 fully saturated rings. The Bertz CT molecular complexity index is 216. The van der Waals surface area contributed by atoms with Gasteiger partial charge in [0, 0.05) is 5.54 Å². The molecule has 0 aromatic carbocycles. The van der Waals surface area contributed by atoms with Crippen LogP contribution in [0.4, 0.5) is 0 Å². The van der Waals surface area contributed by atoms with E-state index in [9.17, 15) is 0 Å². The minimum absolute atomic E-state index is 0.282. The predicted octanol–water partition coefficient (Wildman–Crippen LogP) is 4.76. The van der Waals surface area contributed by atoms with Crippen LogP contribution in [-0.2, 0) is 0 Å². The third-order valence-electron chi connectivity index (χ3n) is 4.27. The van der Waals surface area contributed by atoms with Gasteiger partial charge in [-0.05, 0) is 51.5 Å². The van der Waals surface area contributed by atoms with Crippen molar-refractivity contribution < 1.29 is 0 Å². The lowest BCUT2D eigenvalue weighted by Crippen LogP contribution is -2.37. The van der Waals surface area contributed by atoms with Gasteiger partial charge in [0.2, 0.25) is 0 Å². The van der Waals surface area contributed by atoms with Crippen molar-refractivity contribution in [1.82, 2.24) is 5.32 Å². The van der Waals surface area contributed by atoms with Gasteiger partial charge in [-0.1, -0.05) is 46.0 Å². The van der Waals surface area contributed by atoms with Crippen molar-refractivity contribution in [1.29, 1.82) is 0 Å². The number of rotatable bonds is 8. The normalized spacial score (nSPS) is 28.4. The van der Waals surface area contributed by atoms with Gasteiger partial charge in [0.25, 0.3) is 0 Å². The quantitative estimate of drug-likeness (QED) is 0.602. The molecule has 1 aliphatic carbocycles. The molecule has 1 heteroatoms. The predicted molar refractivity (Wildman–Crippen MR) is 77.3 cm³/mol. The van der Waals surface area contributed by atoms with Crippen molar-refractivity contribution in [3.63, 3.8) is 0 Å². The highest BCUT2D eigenvalue weighted by Crippen LogP contribution is 2.55. The van der Waals surface area contributed by atoms with E-state index in [4.69, 9.17) is 0 Å². The Morgan fingerprint density at radius 3 is 2.35 bits per heavy atom. The molecule has 0 saturated heterocycles. The average Bonchev–Trinajstić information content (AvgIpc) is 2.86. The van der Waals surface area contributed by atoms with Gasteiger partial charge < -0.3 is 5.32 Å². The van der Waals surface area contributed by atoms with E-state index in [1.54, 1.807) is 0 Å². The van der Waals surface area contributed by atoms with Crippen LogP contribution in [0, 0.1) is 11.3 Å². The first-order valence-electron chi connectivity index (χ1n) is 7.62. The van der Waals surface area contributed by atoms with Crippen LogP contribution in [0.2, 0.25) is 0 Å². The van der Waals surface area contributed by atoms with E-state index in [-0.39, 0.29) is 5.54 Å². The van der Waals surface area contributed by atoms with Gasteiger partial charge in [-0.2, -0.15) is 0 Å². The standard InChI is InChI=1S/C16H33N/c1-6-7-8-9-10-11-16(5)12-14(16)13-17-15(2,3)4/h14,17H,6-13H2,1-5H3. The molecule has 0 aromatic heterocycles. The lowest BCUT2D eigenvalue weighted by molar-refractivity contribution is 0.371. The van der Waals surface area contributed by atoms with Gasteiger partial charge in [-0.3, -0.25) is 0 Å². The number of nitrogens with one attached hydrogen (secondary N) is 1. The molecule has 2 unspecified atom stereocenters. The summed E-state index contributed by atoms with van der Waals surface area (Å²) in [5.74, 6) is 0.938. The van der Waals surface area contributed by atoms with Crippen molar-refractivity contribution in [3.8, 4) is 0 Å². The summed E-state index contributed by atoms with van der Waals surface area (Å²) in [6.45, 7) is 12.8. The number of hydrogen-bond donors (Lipinski definition) is 1. The van der Waals surface area contributed by atoms with Crippen LogP contribution >= 0.6 is 0 Å². The first-order chi connectivity index (χ1) is 7.87. The van der Waals surface area contributed by atoms with Crippen molar-refractivity contribution in [2.45, 2.75) is 85.1 Å². The SMILES string of the molecule is CCCCCCCC1(C)CC1CNC(C)(C)C. The van der Waals surface area contributed by atoms with E-state index in [1.807, 2.05) is 0 Å². The van der Waals surface area contributed by atoms with Crippen LogP contribution in [0.15, 0.2) is 0 Å². The van der Waals surface area contributed by atoms with E-state index in [0.29, 0.717) is 5.41 Å². The zero-order chi connectivity index (χ0) is 12.9. The number of hydrogen-bond acceptors (Lipinski definition) is 1. The molecular weight excluding hydrogens is 206 g/mol. The lowest BCUT2D eigenvalue weighted by atomic mass is 9.97. The Kier molecular flexibility index (Phi) is 5.50. The molecular formula is C16H33N. The molecule has 1 nitrogen and oxygen atoms in total. The van der Waals surface area contributed by atoms with Crippen LogP contribution in [0.1, 0.15) is 79.6 Å². The second-order valence-electron chi connectivity index (χ2n) is 7.35. The van der Waals surface area contributed by atoms with Crippen LogP contribution in [0.3, 0.4) is 0 Å². The van der Waals surface area contributed by atoms with Gasteiger partial charge in [-0.15, -0.1) is 0 Å². The summed E-state index contributed by atoms with van der Waals surface area (Å²) in [6.07, 6.45) is 10.0. The van der Waals surface area contributed by atoms with Crippen LogP contribution in [0.25, 0.3) is 0 Å². The summed E-state index contributed by atoms with van der Waals surface area (Å²) in [5, 5.41) is 3.65. The molecule has 0 radical (unpaired) electrons. The molecule has 1 N–H and O–H groups in total. The highest BCUT2D eigenvalue weighted by molar-refractivity contribution is 5.00. The van der Waals surface area contributed by atoms with E-state index in [1.165, 1.54) is 51.5 Å². The van der Waals surface area contributed by atoms with Gasteiger partial charge in [0.05, 0.1) is 0 Å². The maximum absolute atomic E-state index is 3.65. The maximum atomic E-state index is 3.65. The van der Waals surface area contributed by atoms with E-state index >= 15 is 0 Å². The molecule has 17 heavy (non-hydrogen) atoms. The number of unbranched alkanes of at least 4 members (excludes halogenated alkanes) is 4. The Morgan fingerprint density at radius 2 is 1.76 bits per heavy atom. The van der Waals surface area contributed by atoms with E-state index < -0.39 is 0 Å². The molecule has 1 saturated carbocycles. The lowest BCUT2D eigenvalue weighted by Gasteiger charge is -2.21. The summed E-state index contributed by atoms with van der Waals surface area (Å²) < 4.78 is 0. The molecule has 1 rings (SSSR count). The molecule has 102 valence electrons. The molecule has 1 aliphatic rings. The summed E-state index contributed by atoms with van der Waals surface area (Å²) in [4.78, 5) is 0. The molecule has 0 bridgehead atoms. The average molecular weight is 239 g/mol. The fraction of sp³-hybridized carbons (Fsp3) is 1.00. The summed E-state index contributed by atoms with van der Waals surface area (Å²) in [7, 11) is 0. The smallest absolute Gasteiger partial charge is 0.00966 e. The summed E-state index contributed by atoms with van der Waals surface area (Å²) >= 11 is 0. The topological polar surface area (TPSA) is 12.0 Å². The van der Waals surface area contributed by atoms with Crippen molar-refractivity contribution in [2.24, 2.45) is 11.3 Å². The molecule has 0 heterocycles. The van der Waals surface area contributed by atoms with Crippen LogP contribution < -0.4 is 5.32 Å². The zero-order valence-electron chi connectivity index (χ0n) is 12.7. The first kappa shape index (κ1) is 15.0. The third-order valence-corrected chi connectivity index (χ3v) is 4.27. The Hall–Kier alpha value is -0.0400. The maximum Gasteiger partial charge on any atom is 0.00966 e. The highest BCUT2D eigenvalue weighted by Gasteiger charge is 2.48. The summed E-state index contributed by atoms with van der Waals surface area (Å²) in [5.41, 5.74) is 0.953. The third kappa shape index (κ3) is 5.90.